The number of aliphatic hydroxyl groups is 1. The van der Waals surface area contributed by atoms with Crippen molar-refractivity contribution < 1.29 is 80.2 Å². The van der Waals surface area contributed by atoms with E-state index in [4.69, 9.17) is 37.0 Å². The van der Waals surface area contributed by atoms with Crippen LogP contribution in [-0.2, 0) is 65.4 Å². The second-order valence-corrected chi connectivity index (χ2v) is 29.4. The third kappa shape index (κ3) is 63.9. The van der Waals surface area contributed by atoms with E-state index in [1.54, 1.807) is 0 Å². The highest BCUT2D eigenvalue weighted by atomic mass is 31.2. The molecule has 0 saturated carbocycles. The van der Waals surface area contributed by atoms with Gasteiger partial charge < -0.3 is 33.8 Å². The van der Waals surface area contributed by atoms with Gasteiger partial charge in [0.2, 0.25) is 0 Å². The second kappa shape index (κ2) is 64.1. The number of aliphatic hydroxyl groups excluding tert-OH is 1. The van der Waals surface area contributed by atoms with Gasteiger partial charge in [0, 0.05) is 25.7 Å². The molecular weight excluding hydrogens is 1200 g/mol. The first-order valence-corrected chi connectivity index (χ1v) is 40.6. The summed E-state index contributed by atoms with van der Waals surface area (Å²) in [6.07, 6.45) is 49.7. The van der Waals surface area contributed by atoms with Gasteiger partial charge in [-0.05, 0) is 37.5 Å². The summed E-state index contributed by atoms with van der Waals surface area (Å²) >= 11 is 0. The van der Waals surface area contributed by atoms with Crippen LogP contribution in [0.25, 0.3) is 0 Å². The van der Waals surface area contributed by atoms with E-state index in [-0.39, 0.29) is 25.7 Å². The van der Waals surface area contributed by atoms with Crippen molar-refractivity contribution in [1.82, 2.24) is 0 Å². The summed E-state index contributed by atoms with van der Waals surface area (Å²) in [6.45, 7) is 9.59. The molecule has 0 aliphatic heterocycles. The Morgan fingerprint density at radius 1 is 0.308 bits per heavy atom. The van der Waals surface area contributed by atoms with Crippen LogP contribution >= 0.6 is 15.6 Å². The van der Waals surface area contributed by atoms with Crippen LogP contribution in [0.2, 0.25) is 0 Å². The van der Waals surface area contributed by atoms with Crippen LogP contribution in [0.15, 0.2) is 0 Å². The average molecular weight is 1340 g/mol. The first kappa shape index (κ1) is 89.1. The normalized spacial score (nSPS) is 14.7. The van der Waals surface area contributed by atoms with E-state index < -0.39 is 97.5 Å². The fraction of sp³-hybridized carbons (Fsp3) is 0.944. The molecule has 19 heteroatoms. The zero-order chi connectivity index (χ0) is 67.2. The minimum atomic E-state index is -4.95. The van der Waals surface area contributed by atoms with Crippen molar-refractivity contribution in [3.05, 3.63) is 0 Å². The zero-order valence-corrected chi connectivity index (χ0v) is 60.9. The summed E-state index contributed by atoms with van der Waals surface area (Å²) in [7, 11) is -9.90. The quantitative estimate of drug-likeness (QED) is 0.0222. The van der Waals surface area contributed by atoms with Crippen LogP contribution < -0.4 is 0 Å². The molecule has 0 saturated heterocycles. The third-order valence-electron chi connectivity index (χ3n) is 17.4. The van der Waals surface area contributed by atoms with Gasteiger partial charge in [-0.2, -0.15) is 0 Å². The Balaban J connectivity index is 5.27. The lowest BCUT2D eigenvalue weighted by atomic mass is 9.99. The summed E-state index contributed by atoms with van der Waals surface area (Å²) in [5, 5.41) is 10.6. The van der Waals surface area contributed by atoms with Gasteiger partial charge in [0.25, 0.3) is 0 Å². The number of esters is 4. The maximum Gasteiger partial charge on any atom is 0.472 e. The zero-order valence-electron chi connectivity index (χ0n) is 59.1. The summed E-state index contributed by atoms with van der Waals surface area (Å²) in [4.78, 5) is 72.7. The molecule has 0 fully saturated rings. The fourth-order valence-corrected chi connectivity index (χ4v) is 12.5. The largest absolute Gasteiger partial charge is 0.472 e. The molecule has 540 valence electrons. The van der Waals surface area contributed by atoms with Gasteiger partial charge in [0.15, 0.2) is 12.2 Å². The van der Waals surface area contributed by atoms with Gasteiger partial charge in [-0.15, -0.1) is 0 Å². The molecule has 0 amide bonds. The number of unbranched alkanes of at least 4 members (excludes halogenated alkanes) is 39. The van der Waals surface area contributed by atoms with Crippen molar-refractivity contribution in [2.75, 3.05) is 39.6 Å². The Hall–Kier alpha value is -1.94. The van der Waals surface area contributed by atoms with Gasteiger partial charge in [0.1, 0.15) is 19.3 Å². The average Bonchev–Trinajstić information content (AvgIpc) is 3.32. The van der Waals surface area contributed by atoms with Crippen LogP contribution in [0.3, 0.4) is 0 Å². The number of phosphoric acid groups is 2. The van der Waals surface area contributed by atoms with E-state index in [0.717, 1.165) is 102 Å². The van der Waals surface area contributed by atoms with Gasteiger partial charge in [-0.3, -0.25) is 37.3 Å². The molecule has 0 aromatic carbocycles. The lowest BCUT2D eigenvalue weighted by molar-refractivity contribution is -0.161. The summed E-state index contributed by atoms with van der Waals surface area (Å²) < 4.78 is 68.4. The Kier molecular flexibility index (Phi) is 62.7. The molecule has 0 aromatic rings. The summed E-state index contributed by atoms with van der Waals surface area (Å²) in [5.74, 6) is -0.548. The Morgan fingerprint density at radius 3 is 0.780 bits per heavy atom. The number of hydrogen-bond donors (Lipinski definition) is 3. The van der Waals surface area contributed by atoms with Gasteiger partial charge in [-0.1, -0.05) is 318 Å². The molecule has 0 rings (SSSR count). The first-order chi connectivity index (χ1) is 43.9. The van der Waals surface area contributed by atoms with Crippen molar-refractivity contribution in [1.29, 1.82) is 0 Å². The summed E-state index contributed by atoms with van der Waals surface area (Å²) in [5.41, 5.74) is 0. The minimum absolute atomic E-state index is 0.105. The SMILES string of the molecule is CCCCCCCCCCCCCCCCC(=O)OC[C@H](COP(=O)(O)OC[C@@H](O)COP(=O)(O)OC[C@@H](COC(=O)CCCCCCCCCCCCC)OC(=O)CCCCCCCCCCC(C)CC)OC(=O)CCCCCCCCCCCCC(C)CC. The van der Waals surface area contributed by atoms with E-state index in [1.807, 2.05) is 0 Å². The molecule has 4 unspecified atom stereocenters. The maximum atomic E-state index is 13.0. The standard InChI is InChI=1S/C72H140O17P2/c1-7-11-13-15-17-19-21-22-23-25-30-37-43-49-55-70(75)83-60-67(88-71(76)56-50-44-38-31-27-26-28-34-40-46-52-64(5)9-3)62-86-90(78,79)84-58-66(73)59-85-91(80,81)87-63-68(61-82-69(74)54-48-42-36-29-24-20-18-16-14-12-8-2)89-72(77)57-51-45-39-33-32-35-41-47-53-65(6)10-4/h64-68,73H,7-63H2,1-6H3,(H,78,79)(H,80,81)/t64?,65?,66-,67-,68-/m1/s1. The molecule has 91 heavy (non-hydrogen) atoms. The summed E-state index contributed by atoms with van der Waals surface area (Å²) in [6, 6.07) is 0. The Bertz CT molecular complexity index is 1770. The van der Waals surface area contributed by atoms with Crippen molar-refractivity contribution in [3.8, 4) is 0 Å². The van der Waals surface area contributed by atoms with Crippen molar-refractivity contribution in [3.63, 3.8) is 0 Å². The Morgan fingerprint density at radius 2 is 0.527 bits per heavy atom. The molecule has 0 aliphatic carbocycles. The molecule has 0 heterocycles. The molecule has 0 radical (unpaired) electrons. The number of hydrogen-bond acceptors (Lipinski definition) is 15. The van der Waals surface area contributed by atoms with Crippen molar-refractivity contribution >= 4 is 39.5 Å². The highest BCUT2D eigenvalue weighted by molar-refractivity contribution is 7.47. The van der Waals surface area contributed by atoms with E-state index >= 15 is 0 Å². The fourth-order valence-electron chi connectivity index (χ4n) is 10.9. The topological polar surface area (TPSA) is 237 Å². The molecule has 0 spiro atoms. The van der Waals surface area contributed by atoms with Gasteiger partial charge in [0.05, 0.1) is 26.4 Å². The number of carbonyl (C=O) groups is 4. The Labute approximate surface area is 556 Å². The van der Waals surface area contributed by atoms with Crippen LogP contribution in [-0.4, -0.2) is 96.7 Å². The van der Waals surface area contributed by atoms with Gasteiger partial charge in [-0.25, -0.2) is 9.13 Å². The second-order valence-electron chi connectivity index (χ2n) is 26.5. The predicted octanol–water partition coefficient (Wildman–Crippen LogP) is 20.8. The van der Waals surface area contributed by atoms with E-state index in [0.29, 0.717) is 25.7 Å². The predicted molar refractivity (Wildman–Crippen MR) is 368 cm³/mol. The number of ether oxygens (including phenoxy) is 4. The van der Waals surface area contributed by atoms with E-state index in [1.165, 1.54) is 186 Å². The molecule has 0 aromatic heterocycles. The highest BCUT2D eigenvalue weighted by Crippen LogP contribution is 2.45. The third-order valence-corrected chi connectivity index (χ3v) is 19.3. The molecule has 0 bridgehead atoms. The van der Waals surface area contributed by atoms with Crippen LogP contribution in [0.4, 0.5) is 0 Å². The van der Waals surface area contributed by atoms with Crippen LogP contribution in [0, 0.1) is 11.8 Å². The highest BCUT2D eigenvalue weighted by Gasteiger charge is 2.30. The molecular formula is C72H140O17P2. The monoisotopic (exact) mass is 1340 g/mol. The molecule has 0 aliphatic rings. The maximum absolute atomic E-state index is 13.0. The number of phosphoric ester groups is 2. The lowest BCUT2D eigenvalue weighted by Gasteiger charge is -2.21. The van der Waals surface area contributed by atoms with E-state index in [9.17, 15) is 43.2 Å². The lowest BCUT2D eigenvalue weighted by Crippen LogP contribution is -2.30. The smallest absolute Gasteiger partial charge is 0.462 e. The minimum Gasteiger partial charge on any atom is -0.462 e. The molecule has 7 atom stereocenters. The van der Waals surface area contributed by atoms with Crippen molar-refractivity contribution in [2.24, 2.45) is 11.8 Å². The molecule has 3 N–H and O–H groups in total. The van der Waals surface area contributed by atoms with Crippen molar-refractivity contribution in [2.45, 2.75) is 387 Å². The van der Waals surface area contributed by atoms with Crippen LogP contribution in [0.5, 0.6) is 0 Å². The number of carbonyl (C=O) groups excluding carboxylic acids is 4. The first-order valence-electron chi connectivity index (χ1n) is 37.6. The van der Waals surface area contributed by atoms with Gasteiger partial charge >= 0.3 is 39.5 Å². The van der Waals surface area contributed by atoms with Crippen LogP contribution in [0.1, 0.15) is 369 Å². The van der Waals surface area contributed by atoms with E-state index in [2.05, 4.69) is 41.5 Å². The number of rotatable bonds is 71. The molecule has 17 nitrogen and oxygen atoms in total.